The minimum Gasteiger partial charge on any atom is -0.355 e. The number of carbonyl (C=O) groups is 2. The van der Waals surface area contributed by atoms with Crippen molar-refractivity contribution in [2.75, 3.05) is 19.6 Å². The highest BCUT2D eigenvalue weighted by Crippen LogP contribution is 2.59. The van der Waals surface area contributed by atoms with E-state index >= 15 is 0 Å². The lowest BCUT2D eigenvalue weighted by Crippen LogP contribution is -2.42. The Kier molecular flexibility index (Phi) is 5.01. The maximum absolute atomic E-state index is 13.1. The van der Waals surface area contributed by atoms with Crippen LogP contribution in [0.25, 0.3) is 0 Å². The SMILES string of the molecule is CCC[C@H](CNC(=O)CC)C(=O)N1C[C@@H]2C[C@]2(c2ccc(C3(C)CC3)cc2)C1. The number of hydrogen-bond acceptors (Lipinski definition) is 2. The van der Waals surface area contributed by atoms with E-state index in [9.17, 15) is 9.59 Å². The topological polar surface area (TPSA) is 49.4 Å². The molecule has 1 aliphatic heterocycles. The molecule has 28 heavy (non-hydrogen) atoms. The monoisotopic (exact) mass is 382 g/mol. The first-order valence-corrected chi connectivity index (χ1v) is 11.1. The first kappa shape index (κ1) is 19.5. The van der Waals surface area contributed by atoms with Gasteiger partial charge in [-0.1, -0.05) is 51.5 Å². The summed E-state index contributed by atoms with van der Waals surface area (Å²) in [6.07, 6.45) is 6.08. The van der Waals surface area contributed by atoms with Crippen LogP contribution < -0.4 is 5.32 Å². The number of fused-ring (bicyclic) bond motifs is 1. The quantitative estimate of drug-likeness (QED) is 0.744. The molecule has 0 unspecified atom stereocenters. The molecule has 0 spiro atoms. The van der Waals surface area contributed by atoms with Gasteiger partial charge in [0, 0.05) is 31.5 Å². The van der Waals surface area contributed by atoms with Crippen molar-refractivity contribution in [3.63, 3.8) is 0 Å². The van der Waals surface area contributed by atoms with Crippen LogP contribution >= 0.6 is 0 Å². The Hall–Kier alpha value is -1.84. The fourth-order valence-corrected chi connectivity index (χ4v) is 5.06. The van der Waals surface area contributed by atoms with Gasteiger partial charge in [-0.15, -0.1) is 0 Å². The van der Waals surface area contributed by atoms with Gasteiger partial charge in [0.05, 0.1) is 5.92 Å². The summed E-state index contributed by atoms with van der Waals surface area (Å²) in [5.41, 5.74) is 3.47. The summed E-state index contributed by atoms with van der Waals surface area (Å²) >= 11 is 0. The molecule has 3 atom stereocenters. The summed E-state index contributed by atoms with van der Waals surface area (Å²) < 4.78 is 0. The van der Waals surface area contributed by atoms with Gasteiger partial charge in [0.15, 0.2) is 0 Å². The number of piperidine rings is 1. The average molecular weight is 383 g/mol. The molecule has 0 bridgehead atoms. The molecule has 1 aromatic rings. The number of carbonyl (C=O) groups excluding carboxylic acids is 2. The second-order valence-electron chi connectivity index (χ2n) is 9.56. The minimum absolute atomic E-state index is 0.0269. The van der Waals surface area contributed by atoms with E-state index in [2.05, 4.69) is 48.3 Å². The maximum Gasteiger partial charge on any atom is 0.227 e. The first-order chi connectivity index (χ1) is 13.4. The van der Waals surface area contributed by atoms with E-state index in [0.717, 1.165) is 25.9 Å². The lowest BCUT2D eigenvalue weighted by Gasteiger charge is -2.26. The van der Waals surface area contributed by atoms with Crippen LogP contribution in [0.1, 0.15) is 70.4 Å². The first-order valence-electron chi connectivity index (χ1n) is 11.1. The Labute approximate surface area is 169 Å². The second-order valence-corrected chi connectivity index (χ2v) is 9.56. The molecule has 3 aliphatic rings. The van der Waals surface area contributed by atoms with Gasteiger partial charge in [-0.05, 0) is 48.1 Å². The molecule has 2 amide bonds. The number of rotatable bonds is 8. The zero-order valence-electron chi connectivity index (χ0n) is 17.6. The predicted molar refractivity (Wildman–Crippen MR) is 111 cm³/mol. The van der Waals surface area contributed by atoms with E-state index in [4.69, 9.17) is 0 Å². The molecular weight excluding hydrogens is 348 g/mol. The number of hydrogen-bond donors (Lipinski definition) is 1. The lowest BCUT2D eigenvalue weighted by atomic mass is 9.90. The number of nitrogens with one attached hydrogen (secondary N) is 1. The smallest absolute Gasteiger partial charge is 0.227 e. The van der Waals surface area contributed by atoms with E-state index in [1.165, 1.54) is 30.4 Å². The zero-order chi connectivity index (χ0) is 19.9. The summed E-state index contributed by atoms with van der Waals surface area (Å²) in [4.78, 5) is 26.8. The van der Waals surface area contributed by atoms with Crippen LogP contribution in [0.3, 0.4) is 0 Å². The van der Waals surface area contributed by atoms with Crippen molar-refractivity contribution in [1.82, 2.24) is 10.2 Å². The van der Waals surface area contributed by atoms with Gasteiger partial charge < -0.3 is 10.2 Å². The van der Waals surface area contributed by atoms with Gasteiger partial charge >= 0.3 is 0 Å². The molecular formula is C24H34N2O2. The largest absolute Gasteiger partial charge is 0.355 e. The summed E-state index contributed by atoms with van der Waals surface area (Å²) in [5.74, 6) is 0.768. The van der Waals surface area contributed by atoms with Crippen molar-refractivity contribution in [3.8, 4) is 0 Å². The summed E-state index contributed by atoms with van der Waals surface area (Å²) in [6.45, 7) is 8.49. The molecule has 2 saturated carbocycles. The molecule has 4 nitrogen and oxygen atoms in total. The zero-order valence-corrected chi connectivity index (χ0v) is 17.6. The van der Waals surface area contributed by atoms with Crippen LogP contribution in [0.4, 0.5) is 0 Å². The lowest BCUT2D eigenvalue weighted by molar-refractivity contribution is -0.135. The molecule has 152 valence electrons. The number of benzene rings is 1. The van der Waals surface area contributed by atoms with E-state index in [1.54, 1.807) is 0 Å². The molecule has 1 aromatic carbocycles. The molecule has 0 radical (unpaired) electrons. The Morgan fingerprint density at radius 1 is 1.18 bits per heavy atom. The fourth-order valence-electron chi connectivity index (χ4n) is 5.06. The predicted octanol–water partition coefficient (Wildman–Crippen LogP) is 3.78. The van der Waals surface area contributed by atoms with Crippen LogP contribution in [-0.2, 0) is 20.4 Å². The van der Waals surface area contributed by atoms with Crippen LogP contribution in [0.2, 0.25) is 0 Å². The maximum atomic E-state index is 13.1. The third-order valence-corrected chi connectivity index (χ3v) is 7.47. The van der Waals surface area contributed by atoms with E-state index in [1.807, 2.05) is 6.92 Å². The fraction of sp³-hybridized carbons (Fsp3) is 0.667. The van der Waals surface area contributed by atoms with Gasteiger partial charge in [-0.2, -0.15) is 0 Å². The van der Waals surface area contributed by atoms with Crippen molar-refractivity contribution < 1.29 is 9.59 Å². The molecule has 0 aromatic heterocycles. The van der Waals surface area contributed by atoms with Crippen LogP contribution in [-0.4, -0.2) is 36.3 Å². The van der Waals surface area contributed by atoms with Gasteiger partial charge in [0.2, 0.25) is 11.8 Å². The molecule has 1 heterocycles. The third-order valence-electron chi connectivity index (χ3n) is 7.47. The highest BCUT2D eigenvalue weighted by molar-refractivity contribution is 5.81. The minimum atomic E-state index is -0.0905. The Balaban J connectivity index is 1.41. The second kappa shape index (κ2) is 7.20. The number of amides is 2. The van der Waals surface area contributed by atoms with E-state index < -0.39 is 0 Å². The molecule has 2 aliphatic carbocycles. The van der Waals surface area contributed by atoms with Gasteiger partial charge in [0.25, 0.3) is 0 Å². The van der Waals surface area contributed by atoms with E-state index in [0.29, 0.717) is 24.3 Å². The third kappa shape index (κ3) is 3.46. The van der Waals surface area contributed by atoms with Gasteiger partial charge in [-0.3, -0.25) is 9.59 Å². The Morgan fingerprint density at radius 2 is 1.86 bits per heavy atom. The Bertz CT molecular complexity index is 752. The van der Waals surface area contributed by atoms with Gasteiger partial charge in [-0.25, -0.2) is 0 Å². The summed E-state index contributed by atoms with van der Waals surface area (Å²) in [6, 6.07) is 9.27. The summed E-state index contributed by atoms with van der Waals surface area (Å²) in [7, 11) is 0. The van der Waals surface area contributed by atoms with Crippen molar-refractivity contribution in [2.24, 2.45) is 11.8 Å². The summed E-state index contributed by atoms with van der Waals surface area (Å²) in [5, 5.41) is 2.93. The molecule has 4 heteroatoms. The standard InChI is InChI=1S/C24H34N2O2/c1-4-6-17(14-25-21(27)5-2)22(28)26-15-20-13-24(20,16-26)19-9-7-18(8-10-19)23(3)11-12-23/h7-10,17,20H,4-6,11-16H2,1-3H3,(H,25,27)/t17-,20+,24-/m1/s1. The Morgan fingerprint density at radius 3 is 2.46 bits per heavy atom. The van der Waals surface area contributed by atoms with Crippen LogP contribution in [0, 0.1) is 11.8 Å². The van der Waals surface area contributed by atoms with Crippen LogP contribution in [0.5, 0.6) is 0 Å². The van der Waals surface area contributed by atoms with Crippen LogP contribution in [0.15, 0.2) is 24.3 Å². The number of nitrogens with zero attached hydrogens (tertiary/aromatic N) is 1. The number of likely N-dealkylation sites (tertiary alicyclic amines) is 1. The van der Waals surface area contributed by atoms with Crippen molar-refractivity contribution in [3.05, 3.63) is 35.4 Å². The van der Waals surface area contributed by atoms with Crippen molar-refractivity contribution >= 4 is 11.8 Å². The van der Waals surface area contributed by atoms with E-state index in [-0.39, 0.29) is 23.1 Å². The highest BCUT2D eigenvalue weighted by Gasteiger charge is 2.61. The molecule has 3 fully saturated rings. The van der Waals surface area contributed by atoms with Crippen molar-refractivity contribution in [1.29, 1.82) is 0 Å². The average Bonchev–Trinajstić information content (AvgIpc) is 3.60. The van der Waals surface area contributed by atoms with Crippen molar-refractivity contribution in [2.45, 2.75) is 70.1 Å². The molecule has 4 rings (SSSR count). The molecule has 1 saturated heterocycles. The normalized spacial score (nSPS) is 27.8. The van der Waals surface area contributed by atoms with Gasteiger partial charge in [0.1, 0.15) is 0 Å². The molecule has 1 N–H and O–H groups in total. The highest BCUT2D eigenvalue weighted by atomic mass is 16.2.